The van der Waals surface area contributed by atoms with Crippen LogP contribution in [-0.4, -0.2) is 66.2 Å². The fraction of sp³-hybridized carbons (Fsp3) is 0.300. The van der Waals surface area contributed by atoms with Crippen molar-refractivity contribution in [2.45, 2.75) is 11.4 Å². The first kappa shape index (κ1) is 20.8. The Morgan fingerprint density at radius 2 is 1.87 bits per heavy atom. The number of sulfonamides is 1. The Balaban J connectivity index is 1.31. The Kier molecular flexibility index (Phi) is 6.05. The number of nitrogens with one attached hydrogen (secondary N) is 2. The van der Waals surface area contributed by atoms with Crippen molar-refractivity contribution in [1.29, 1.82) is 0 Å². The number of benzene rings is 1. The summed E-state index contributed by atoms with van der Waals surface area (Å²) in [5.74, 6) is -0.0936. The molecule has 0 unspecified atom stereocenters. The van der Waals surface area contributed by atoms with E-state index < -0.39 is 10.0 Å². The van der Waals surface area contributed by atoms with Gasteiger partial charge in [-0.2, -0.15) is 4.31 Å². The smallest absolute Gasteiger partial charge is 0.245 e. The van der Waals surface area contributed by atoms with Crippen LogP contribution in [0.5, 0.6) is 0 Å². The molecule has 0 aliphatic carbocycles. The molecule has 1 aliphatic heterocycles. The van der Waals surface area contributed by atoms with E-state index in [0.717, 1.165) is 5.56 Å². The molecule has 0 atom stereocenters. The van der Waals surface area contributed by atoms with E-state index in [0.29, 0.717) is 48.8 Å². The molecule has 2 aromatic heterocycles. The molecule has 0 radical (unpaired) electrons. The van der Waals surface area contributed by atoms with Crippen LogP contribution in [0, 0.1) is 0 Å². The molecule has 10 heteroatoms. The Bertz CT molecular complexity index is 1140. The molecule has 158 valence electrons. The quantitative estimate of drug-likeness (QED) is 0.600. The first-order valence-electron chi connectivity index (χ1n) is 9.59. The maximum Gasteiger partial charge on any atom is 0.245 e. The Morgan fingerprint density at radius 1 is 1.13 bits per heavy atom. The lowest BCUT2D eigenvalue weighted by atomic mass is 10.2. The van der Waals surface area contributed by atoms with E-state index in [9.17, 15) is 13.2 Å². The predicted molar refractivity (Wildman–Crippen MR) is 115 cm³/mol. The molecule has 1 saturated heterocycles. The minimum Gasteiger partial charge on any atom is -0.351 e. The standard InChI is InChI=1S/C20H22ClN5O3S/c21-16-5-3-15(4-6-16)12-23-19(27)14-25-8-10-26(11-9-25)30(28,29)18-13-24-20-17(18)2-1-7-22-20/h1-7,13H,8-12,14H2,(H,22,24)(H,23,27). The van der Waals surface area contributed by atoms with E-state index in [1.54, 1.807) is 30.5 Å². The minimum absolute atomic E-state index is 0.0936. The van der Waals surface area contributed by atoms with Gasteiger partial charge in [0.1, 0.15) is 10.5 Å². The van der Waals surface area contributed by atoms with E-state index in [1.165, 1.54) is 10.5 Å². The molecule has 8 nitrogen and oxygen atoms in total. The van der Waals surface area contributed by atoms with Gasteiger partial charge in [-0.1, -0.05) is 23.7 Å². The lowest BCUT2D eigenvalue weighted by Gasteiger charge is -2.33. The molecular weight excluding hydrogens is 426 g/mol. The SMILES string of the molecule is O=C(CN1CCN(S(=O)(=O)c2c[nH]c3ncccc23)CC1)NCc1ccc(Cl)cc1. The van der Waals surface area contributed by atoms with Crippen molar-refractivity contribution in [3.63, 3.8) is 0 Å². The van der Waals surface area contributed by atoms with Gasteiger partial charge in [0.2, 0.25) is 15.9 Å². The molecule has 0 spiro atoms. The highest BCUT2D eigenvalue weighted by Crippen LogP contribution is 2.25. The second kappa shape index (κ2) is 8.73. The number of rotatable bonds is 6. The fourth-order valence-electron chi connectivity index (χ4n) is 3.47. The molecule has 3 heterocycles. The van der Waals surface area contributed by atoms with E-state index >= 15 is 0 Å². The highest BCUT2D eigenvalue weighted by atomic mass is 35.5. The van der Waals surface area contributed by atoms with E-state index in [2.05, 4.69) is 15.3 Å². The lowest BCUT2D eigenvalue weighted by Crippen LogP contribution is -2.50. The van der Waals surface area contributed by atoms with Gasteiger partial charge in [-0.3, -0.25) is 9.69 Å². The van der Waals surface area contributed by atoms with Crippen molar-refractivity contribution in [2.24, 2.45) is 0 Å². The number of hydrogen-bond acceptors (Lipinski definition) is 5. The van der Waals surface area contributed by atoms with Gasteiger partial charge in [0, 0.05) is 55.5 Å². The molecule has 30 heavy (non-hydrogen) atoms. The van der Waals surface area contributed by atoms with Crippen molar-refractivity contribution >= 4 is 38.6 Å². The first-order valence-corrected chi connectivity index (χ1v) is 11.4. The van der Waals surface area contributed by atoms with Gasteiger partial charge in [0.15, 0.2) is 0 Å². The third-order valence-corrected chi connectivity index (χ3v) is 7.32. The molecule has 4 rings (SSSR count). The second-order valence-corrected chi connectivity index (χ2v) is 9.48. The van der Waals surface area contributed by atoms with Crippen LogP contribution in [0.15, 0.2) is 53.7 Å². The first-order chi connectivity index (χ1) is 14.4. The zero-order valence-corrected chi connectivity index (χ0v) is 17.8. The molecule has 1 aromatic carbocycles. The second-order valence-electron chi connectivity index (χ2n) is 7.14. The largest absolute Gasteiger partial charge is 0.351 e. The van der Waals surface area contributed by atoms with Gasteiger partial charge >= 0.3 is 0 Å². The third kappa shape index (κ3) is 4.49. The van der Waals surface area contributed by atoms with Crippen LogP contribution >= 0.6 is 11.6 Å². The van der Waals surface area contributed by atoms with Crippen molar-refractivity contribution in [1.82, 2.24) is 24.5 Å². The number of H-pyrrole nitrogens is 1. The number of pyridine rings is 1. The van der Waals surface area contributed by atoms with Crippen molar-refractivity contribution in [2.75, 3.05) is 32.7 Å². The summed E-state index contributed by atoms with van der Waals surface area (Å²) in [6.07, 6.45) is 3.11. The molecule has 2 N–H and O–H groups in total. The maximum absolute atomic E-state index is 13.0. The van der Waals surface area contributed by atoms with E-state index in [4.69, 9.17) is 11.6 Å². The van der Waals surface area contributed by atoms with E-state index in [1.807, 2.05) is 17.0 Å². The average molecular weight is 448 g/mol. The number of nitrogens with zero attached hydrogens (tertiary/aromatic N) is 3. The van der Waals surface area contributed by atoms with Gasteiger partial charge in [0.05, 0.1) is 6.54 Å². The summed E-state index contributed by atoms with van der Waals surface area (Å²) in [4.78, 5) is 21.5. The van der Waals surface area contributed by atoms with E-state index in [-0.39, 0.29) is 17.3 Å². The topological polar surface area (TPSA) is 98.4 Å². The highest BCUT2D eigenvalue weighted by molar-refractivity contribution is 7.89. The summed E-state index contributed by atoms with van der Waals surface area (Å²) >= 11 is 5.86. The van der Waals surface area contributed by atoms with Gasteiger partial charge in [-0.05, 0) is 29.8 Å². The summed E-state index contributed by atoms with van der Waals surface area (Å²) in [6.45, 7) is 2.32. The van der Waals surface area contributed by atoms with Crippen LogP contribution in [-0.2, 0) is 21.4 Å². The van der Waals surface area contributed by atoms with Crippen LogP contribution in [0.4, 0.5) is 0 Å². The molecule has 3 aromatic rings. The van der Waals surface area contributed by atoms with Crippen molar-refractivity contribution < 1.29 is 13.2 Å². The molecule has 0 saturated carbocycles. The zero-order valence-electron chi connectivity index (χ0n) is 16.2. The Labute approximate surface area is 179 Å². The Hall–Kier alpha value is -2.46. The number of hydrogen-bond donors (Lipinski definition) is 2. The van der Waals surface area contributed by atoms with Crippen LogP contribution in [0.2, 0.25) is 5.02 Å². The number of aromatic amines is 1. The van der Waals surface area contributed by atoms with Crippen LogP contribution in [0.3, 0.4) is 0 Å². The lowest BCUT2D eigenvalue weighted by molar-refractivity contribution is -0.122. The predicted octanol–water partition coefficient (Wildman–Crippen LogP) is 1.84. The van der Waals surface area contributed by atoms with Crippen LogP contribution in [0.1, 0.15) is 5.56 Å². The van der Waals surface area contributed by atoms with Crippen LogP contribution in [0.25, 0.3) is 11.0 Å². The highest BCUT2D eigenvalue weighted by Gasteiger charge is 2.31. The van der Waals surface area contributed by atoms with Gasteiger partial charge < -0.3 is 10.3 Å². The van der Waals surface area contributed by atoms with Gasteiger partial charge in [-0.15, -0.1) is 0 Å². The van der Waals surface area contributed by atoms with Gasteiger partial charge in [0.25, 0.3) is 0 Å². The molecular formula is C20H22ClN5O3S. The number of aromatic nitrogens is 2. The summed E-state index contributed by atoms with van der Waals surface area (Å²) < 4.78 is 27.6. The average Bonchev–Trinajstić information content (AvgIpc) is 3.19. The van der Waals surface area contributed by atoms with Crippen molar-refractivity contribution in [3.05, 3.63) is 59.4 Å². The Morgan fingerprint density at radius 3 is 2.60 bits per heavy atom. The number of piperazine rings is 1. The maximum atomic E-state index is 13.0. The molecule has 1 fully saturated rings. The fourth-order valence-corrected chi connectivity index (χ4v) is 5.17. The van der Waals surface area contributed by atoms with Gasteiger partial charge in [-0.25, -0.2) is 13.4 Å². The number of amides is 1. The molecule has 1 amide bonds. The number of halogens is 1. The minimum atomic E-state index is -3.62. The molecule has 0 bridgehead atoms. The number of carbonyl (C=O) groups is 1. The summed E-state index contributed by atoms with van der Waals surface area (Å²) in [6, 6.07) is 10.8. The molecule has 1 aliphatic rings. The number of carbonyl (C=O) groups excluding carboxylic acids is 1. The number of fused-ring (bicyclic) bond motifs is 1. The summed E-state index contributed by atoms with van der Waals surface area (Å²) in [5, 5.41) is 4.12. The zero-order chi connectivity index (χ0) is 21.1. The third-order valence-electron chi connectivity index (χ3n) is 5.13. The normalized spacial score (nSPS) is 16.0. The van der Waals surface area contributed by atoms with Crippen molar-refractivity contribution in [3.8, 4) is 0 Å². The summed E-state index contributed by atoms with van der Waals surface area (Å²) in [7, 11) is -3.62. The summed E-state index contributed by atoms with van der Waals surface area (Å²) in [5.41, 5.74) is 1.52. The monoisotopic (exact) mass is 447 g/mol. The van der Waals surface area contributed by atoms with Crippen LogP contribution < -0.4 is 5.32 Å².